The smallest absolute Gasteiger partial charge is 0.224 e. The van der Waals surface area contributed by atoms with Gasteiger partial charge in [-0.2, -0.15) is 0 Å². The Morgan fingerprint density at radius 1 is 1.44 bits per heavy atom. The summed E-state index contributed by atoms with van der Waals surface area (Å²) in [6.07, 6.45) is 1.07. The number of hydrogen-bond acceptors (Lipinski definition) is 2. The van der Waals surface area contributed by atoms with Gasteiger partial charge in [-0.1, -0.05) is 32.0 Å². The van der Waals surface area contributed by atoms with Gasteiger partial charge in [-0.3, -0.25) is 9.59 Å². The molecule has 0 unspecified atom stereocenters. The molecule has 1 aromatic carbocycles. The first-order valence-electron chi connectivity index (χ1n) is 5.37. The molecular formula is C13H17NO2. The third-order valence-electron chi connectivity index (χ3n) is 2.61. The van der Waals surface area contributed by atoms with Gasteiger partial charge in [-0.05, 0) is 17.0 Å². The van der Waals surface area contributed by atoms with Crippen molar-refractivity contribution in [2.45, 2.75) is 26.2 Å². The predicted octanol–water partition coefficient (Wildman–Crippen LogP) is 1.91. The molecule has 0 radical (unpaired) electrons. The second-order valence-corrected chi connectivity index (χ2v) is 4.04. The van der Waals surface area contributed by atoms with Gasteiger partial charge < -0.3 is 5.32 Å². The van der Waals surface area contributed by atoms with Crippen molar-refractivity contribution in [2.24, 2.45) is 0 Å². The Hall–Kier alpha value is -1.64. The molecule has 16 heavy (non-hydrogen) atoms. The lowest BCUT2D eigenvalue weighted by atomic mass is 9.91. The van der Waals surface area contributed by atoms with Gasteiger partial charge in [-0.25, -0.2) is 0 Å². The molecule has 0 bridgehead atoms. The summed E-state index contributed by atoms with van der Waals surface area (Å²) in [4.78, 5) is 22.3. The first kappa shape index (κ1) is 12.4. The van der Waals surface area contributed by atoms with Gasteiger partial charge in [0.1, 0.15) is 6.29 Å². The molecule has 0 aromatic heterocycles. The topological polar surface area (TPSA) is 46.2 Å². The summed E-state index contributed by atoms with van der Waals surface area (Å²) >= 11 is 0. The Morgan fingerprint density at radius 2 is 2.12 bits per heavy atom. The predicted molar refractivity (Wildman–Crippen MR) is 63.7 cm³/mol. The van der Waals surface area contributed by atoms with E-state index in [0.29, 0.717) is 11.5 Å². The Bertz CT molecular complexity index is 397. The average molecular weight is 219 g/mol. The number of aldehydes is 1. The van der Waals surface area contributed by atoms with Crippen molar-refractivity contribution in [2.75, 3.05) is 7.05 Å². The summed E-state index contributed by atoms with van der Waals surface area (Å²) in [6.45, 7) is 4.11. The van der Waals surface area contributed by atoms with Gasteiger partial charge in [-0.15, -0.1) is 0 Å². The van der Waals surface area contributed by atoms with E-state index in [1.54, 1.807) is 13.1 Å². The monoisotopic (exact) mass is 219 g/mol. The quantitative estimate of drug-likeness (QED) is 0.786. The standard InChI is InChI=1S/C13H17NO2/c1-9(2)11-6-4-5-10(8-15)12(11)7-13(16)14-3/h4-6,8-9H,7H2,1-3H3,(H,14,16). The molecule has 0 atom stereocenters. The summed E-state index contributed by atoms with van der Waals surface area (Å²) in [5.74, 6) is 0.232. The van der Waals surface area contributed by atoms with Crippen LogP contribution in [-0.4, -0.2) is 19.2 Å². The Kier molecular flexibility index (Phi) is 4.23. The summed E-state index contributed by atoms with van der Waals surface area (Å²) in [6, 6.07) is 5.57. The van der Waals surface area contributed by atoms with E-state index in [1.807, 2.05) is 12.1 Å². The van der Waals surface area contributed by atoms with Crippen LogP contribution in [0.2, 0.25) is 0 Å². The highest BCUT2D eigenvalue weighted by Gasteiger charge is 2.13. The first-order valence-corrected chi connectivity index (χ1v) is 5.37. The van der Waals surface area contributed by atoms with E-state index in [4.69, 9.17) is 0 Å². The van der Waals surface area contributed by atoms with Crippen molar-refractivity contribution in [3.63, 3.8) is 0 Å². The molecule has 0 aliphatic heterocycles. The minimum absolute atomic E-state index is 0.0730. The van der Waals surface area contributed by atoms with Crippen LogP contribution < -0.4 is 5.32 Å². The third kappa shape index (κ3) is 2.69. The summed E-state index contributed by atoms with van der Waals surface area (Å²) in [7, 11) is 1.60. The minimum atomic E-state index is -0.0730. The van der Waals surface area contributed by atoms with E-state index in [0.717, 1.165) is 17.4 Å². The van der Waals surface area contributed by atoms with Gasteiger partial charge in [0.25, 0.3) is 0 Å². The van der Waals surface area contributed by atoms with Crippen LogP contribution in [0.25, 0.3) is 0 Å². The number of benzene rings is 1. The Balaban J connectivity index is 3.19. The number of amides is 1. The molecule has 3 nitrogen and oxygen atoms in total. The Morgan fingerprint density at radius 3 is 2.62 bits per heavy atom. The number of carbonyl (C=O) groups excluding carboxylic acids is 2. The zero-order valence-electron chi connectivity index (χ0n) is 9.91. The molecule has 0 fully saturated rings. The molecule has 0 heterocycles. The summed E-state index contributed by atoms with van der Waals surface area (Å²) < 4.78 is 0. The fourth-order valence-corrected chi connectivity index (χ4v) is 1.73. The van der Waals surface area contributed by atoms with Crippen LogP contribution in [0.5, 0.6) is 0 Å². The van der Waals surface area contributed by atoms with E-state index < -0.39 is 0 Å². The molecule has 0 aliphatic carbocycles. The highest BCUT2D eigenvalue weighted by Crippen LogP contribution is 2.22. The van der Waals surface area contributed by atoms with Crippen molar-refractivity contribution in [3.8, 4) is 0 Å². The van der Waals surface area contributed by atoms with Crippen molar-refractivity contribution >= 4 is 12.2 Å². The van der Waals surface area contributed by atoms with Crippen LogP contribution in [-0.2, 0) is 11.2 Å². The minimum Gasteiger partial charge on any atom is -0.359 e. The van der Waals surface area contributed by atoms with E-state index in [9.17, 15) is 9.59 Å². The van der Waals surface area contributed by atoms with Crippen molar-refractivity contribution in [1.82, 2.24) is 5.32 Å². The number of carbonyl (C=O) groups is 2. The van der Waals surface area contributed by atoms with Crippen LogP contribution in [0.3, 0.4) is 0 Å². The molecular weight excluding hydrogens is 202 g/mol. The lowest BCUT2D eigenvalue weighted by Gasteiger charge is -2.14. The molecule has 3 heteroatoms. The summed E-state index contributed by atoms with van der Waals surface area (Å²) in [5.41, 5.74) is 2.51. The van der Waals surface area contributed by atoms with Crippen LogP contribution in [0.1, 0.15) is 41.3 Å². The number of nitrogens with one attached hydrogen (secondary N) is 1. The normalized spacial score (nSPS) is 10.2. The van der Waals surface area contributed by atoms with E-state index in [-0.39, 0.29) is 12.3 Å². The fraction of sp³-hybridized carbons (Fsp3) is 0.385. The molecule has 1 N–H and O–H groups in total. The Labute approximate surface area is 95.9 Å². The van der Waals surface area contributed by atoms with Crippen molar-refractivity contribution in [3.05, 3.63) is 34.9 Å². The molecule has 86 valence electrons. The van der Waals surface area contributed by atoms with Gasteiger partial charge >= 0.3 is 0 Å². The van der Waals surface area contributed by atoms with Gasteiger partial charge in [0.05, 0.1) is 6.42 Å². The van der Waals surface area contributed by atoms with Crippen LogP contribution >= 0.6 is 0 Å². The van der Waals surface area contributed by atoms with Crippen molar-refractivity contribution in [1.29, 1.82) is 0 Å². The van der Waals surface area contributed by atoms with E-state index in [1.165, 1.54) is 0 Å². The van der Waals surface area contributed by atoms with E-state index in [2.05, 4.69) is 19.2 Å². The molecule has 1 aromatic rings. The highest BCUT2D eigenvalue weighted by atomic mass is 16.1. The van der Waals surface area contributed by atoms with Gasteiger partial charge in [0.15, 0.2) is 0 Å². The zero-order chi connectivity index (χ0) is 12.1. The maximum Gasteiger partial charge on any atom is 0.224 e. The average Bonchev–Trinajstić information content (AvgIpc) is 2.28. The molecule has 0 aliphatic rings. The van der Waals surface area contributed by atoms with Crippen molar-refractivity contribution < 1.29 is 9.59 Å². The maximum atomic E-state index is 11.4. The summed E-state index contributed by atoms with van der Waals surface area (Å²) in [5, 5.41) is 2.58. The van der Waals surface area contributed by atoms with Crippen LogP contribution in [0, 0.1) is 0 Å². The SMILES string of the molecule is CNC(=O)Cc1c(C=O)cccc1C(C)C. The number of rotatable bonds is 4. The maximum absolute atomic E-state index is 11.4. The largest absolute Gasteiger partial charge is 0.359 e. The van der Waals surface area contributed by atoms with E-state index >= 15 is 0 Å². The third-order valence-corrected chi connectivity index (χ3v) is 2.61. The van der Waals surface area contributed by atoms with Crippen LogP contribution in [0.15, 0.2) is 18.2 Å². The molecule has 1 rings (SSSR count). The lowest BCUT2D eigenvalue weighted by Crippen LogP contribution is -2.21. The van der Waals surface area contributed by atoms with Gasteiger partial charge in [0.2, 0.25) is 5.91 Å². The molecule has 0 saturated carbocycles. The number of likely N-dealkylation sites (N-methyl/N-ethyl adjacent to an activating group) is 1. The number of hydrogen-bond donors (Lipinski definition) is 1. The fourth-order valence-electron chi connectivity index (χ4n) is 1.73. The molecule has 1 amide bonds. The highest BCUT2D eigenvalue weighted by molar-refractivity contribution is 5.84. The van der Waals surface area contributed by atoms with Gasteiger partial charge in [0, 0.05) is 12.6 Å². The molecule has 0 saturated heterocycles. The lowest BCUT2D eigenvalue weighted by molar-refractivity contribution is -0.119. The van der Waals surface area contributed by atoms with Crippen LogP contribution in [0.4, 0.5) is 0 Å². The second-order valence-electron chi connectivity index (χ2n) is 4.04. The first-order chi connectivity index (χ1) is 7.60. The molecule has 0 spiro atoms. The second kappa shape index (κ2) is 5.45. The zero-order valence-corrected chi connectivity index (χ0v) is 9.91.